The predicted octanol–water partition coefficient (Wildman–Crippen LogP) is 5.27. The summed E-state index contributed by atoms with van der Waals surface area (Å²) in [6.07, 6.45) is 4.80. The van der Waals surface area contributed by atoms with Crippen LogP contribution in [0.3, 0.4) is 0 Å². The Hall–Kier alpha value is -3.31. The highest BCUT2D eigenvalue weighted by molar-refractivity contribution is 5.64. The zero-order chi connectivity index (χ0) is 20.3. The van der Waals surface area contributed by atoms with E-state index in [9.17, 15) is 4.39 Å². The Bertz CT molecular complexity index is 1120. The molecule has 2 aromatic heterocycles. The second-order valence-corrected chi connectivity index (χ2v) is 7.83. The topological polar surface area (TPSA) is 44.8 Å². The minimum atomic E-state index is -0.255. The van der Waals surface area contributed by atoms with Crippen LogP contribution in [0.5, 0.6) is 0 Å². The number of halogens is 1. The van der Waals surface area contributed by atoms with Gasteiger partial charge in [0, 0.05) is 36.3 Å². The van der Waals surface area contributed by atoms with Crippen LogP contribution in [0.1, 0.15) is 23.7 Å². The Labute approximate surface area is 175 Å². The Morgan fingerprint density at radius 3 is 2.63 bits per heavy atom. The third kappa shape index (κ3) is 4.02. The third-order valence-corrected chi connectivity index (χ3v) is 5.70. The number of hydrogen-bond donors (Lipinski definition) is 1. The molecular formula is C25H23FN4. The van der Waals surface area contributed by atoms with E-state index >= 15 is 0 Å². The number of imidazole rings is 1. The third-order valence-electron chi connectivity index (χ3n) is 5.70. The molecule has 0 saturated carbocycles. The van der Waals surface area contributed by atoms with Crippen molar-refractivity contribution in [3.05, 3.63) is 96.3 Å². The first kappa shape index (κ1) is 18.7. The number of likely N-dealkylation sites (tertiary alicyclic amines) is 1. The molecule has 4 aromatic rings. The number of pyridine rings is 1. The van der Waals surface area contributed by atoms with Gasteiger partial charge in [-0.25, -0.2) is 9.37 Å². The highest BCUT2D eigenvalue weighted by atomic mass is 19.1. The molecule has 3 heterocycles. The maximum atomic E-state index is 13.5. The van der Waals surface area contributed by atoms with E-state index in [1.807, 2.05) is 30.6 Å². The summed E-state index contributed by atoms with van der Waals surface area (Å²) < 4.78 is 13.5. The van der Waals surface area contributed by atoms with Gasteiger partial charge >= 0.3 is 0 Å². The molecule has 0 aliphatic carbocycles. The van der Waals surface area contributed by atoms with Crippen molar-refractivity contribution >= 4 is 0 Å². The number of rotatable bonds is 5. The number of nitrogens with zero attached hydrogens (tertiary/aromatic N) is 3. The molecule has 5 rings (SSSR count). The van der Waals surface area contributed by atoms with Crippen molar-refractivity contribution in [3.8, 4) is 22.5 Å². The maximum absolute atomic E-state index is 13.5. The van der Waals surface area contributed by atoms with Crippen molar-refractivity contribution < 1.29 is 4.39 Å². The summed E-state index contributed by atoms with van der Waals surface area (Å²) in [4.78, 5) is 15.1. The van der Waals surface area contributed by atoms with Crippen molar-refractivity contribution in [2.24, 2.45) is 0 Å². The van der Waals surface area contributed by atoms with Crippen LogP contribution in [-0.2, 0) is 6.54 Å². The molecule has 30 heavy (non-hydrogen) atoms. The average molecular weight is 398 g/mol. The lowest BCUT2D eigenvalue weighted by atomic mass is 10.1. The summed E-state index contributed by atoms with van der Waals surface area (Å²) >= 11 is 0. The molecule has 1 aliphatic heterocycles. The van der Waals surface area contributed by atoms with Gasteiger partial charge in [0.15, 0.2) is 0 Å². The largest absolute Gasteiger partial charge is 0.342 e. The standard InChI is InChI=1S/C25H23FN4/c26-22-8-4-7-19(13-22)23-10-9-20(14-27-23)24-15-28-25(29-24)21-11-12-30(17-21)16-18-5-2-1-3-6-18/h1-10,13-15,21H,11-12,16-17H2,(H,28,29)/t21-/m0/s1. The van der Waals surface area contributed by atoms with E-state index < -0.39 is 0 Å². The summed E-state index contributed by atoms with van der Waals surface area (Å²) in [6, 6.07) is 21.0. The molecule has 0 amide bonds. The van der Waals surface area contributed by atoms with Crippen LogP contribution < -0.4 is 0 Å². The summed E-state index contributed by atoms with van der Waals surface area (Å²) in [5.74, 6) is 1.20. The molecule has 150 valence electrons. The Kier molecular flexibility index (Phi) is 5.11. The average Bonchev–Trinajstić information content (AvgIpc) is 3.44. The second-order valence-electron chi connectivity index (χ2n) is 7.83. The fraction of sp³-hybridized carbons (Fsp3) is 0.200. The van der Waals surface area contributed by atoms with Crippen LogP contribution in [0.4, 0.5) is 4.39 Å². The summed E-state index contributed by atoms with van der Waals surface area (Å²) in [6.45, 7) is 3.08. The predicted molar refractivity (Wildman–Crippen MR) is 116 cm³/mol. The summed E-state index contributed by atoms with van der Waals surface area (Å²) in [7, 11) is 0. The SMILES string of the molecule is Fc1cccc(-c2ccc(-c3cnc([C@H]4CCN(Cc5ccccc5)C4)[nH]3)cn2)c1. The molecule has 1 N–H and O–H groups in total. The molecule has 0 bridgehead atoms. The van der Waals surface area contributed by atoms with Crippen molar-refractivity contribution in [2.45, 2.75) is 18.9 Å². The highest BCUT2D eigenvalue weighted by Crippen LogP contribution is 2.28. The number of aromatic nitrogens is 3. The number of hydrogen-bond acceptors (Lipinski definition) is 3. The minimum Gasteiger partial charge on any atom is -0.342 e. The van der Waals surface area contributed by atoms with Gasteiger partial charge in [-0.05, 0) is 42.8 Å². The smallest absolute Gasteiger partial charge is 0.123 e. The minimum absolute atomic E-state index is 0.255. The first-order valence-electron chi connectivity index (χ1n) is 10.3. The van der Waals surface area contributed by atoms with Crippen molar-refractivity contribution in [1.82, 2.24) is 19.9 Å². The lowest BCUT2D eigenvalue weighted by Gasteiger charge is -2.15. The zero-order valence-electron chi connectivity index (χ0n) is 16.6. The van der Waals surface area contributed by atoms with Gasteiger partial charge in [0.25, 0.3) is 0 Å². The van der Waals surface area contributed by atoms with Crippen LogP contribution >= 0.6 is 0 Å². The van der Waals surface area contributed by atoms with E-state index in [-0.39, 0.29) is 5.82 Å². The van der Waals surface area contributed by atoms with Gasteiger partial charge in [-0.3, -0.25) is 9.88 Å². The van der Waals surface area contributed by atoms with E-state index in [4.69, 9.17) is 0 Å². The van der Waals surface area contributed by atoms with Crippen LogP contribution in [0.15, 0.2) is 79.1 Å². The van der Waals surface area contributed by atoms with Crippen LogP contribution in [0, 0.1) is 5.82 Å². The van der Waals surface area contributed by atoms with Gasteiger partial charge in [0.2, 0.25) is 0 Å². The van der Waals surface area contributed by atoms with Crippen LogP contribution in [-0.4, -0.2) is 32.9 Å². The Morgan fingerprint density at radius 1 is 0.933 bits per heavy atom. The quantitative estimate of drug-likeness (QED) is 0.498. The van der Waals surface area contributed by atoms with Gasteiger partial charge in [0.05, 0.1) is 17.6 Å². The normalized spacial score (nSPS) is 16.8. The summed E-state index contributed by atoms with van der Waals surface area (Å²) in [5, 5.41) is 0. The Balaban J connectivity index is 1.26. The lowest BCUT2D eigenvalue weighted by molar-refractivity contribution is 0.326. The number of H-pyrrole nitrogens is 1. The molecule has 0 spiro atoms. The van der Waals surface area contributed by atoms with Crippen molar-refractivity contribution in [2.75, 3.05) is 13.1 Å². The number of aromatic amines is 1. The van der Waals surface area contributed by atoms with Crippen LogP contribution in [0.25, 0.3) is 22.5 Å². The number of nitrogens with one attached hydrogen (secondary N) is 1. The molecule has 1 fully saturated rings. The molecule has 1 atom stereocenters. The van der Waals surface area contributed by atoms with Crippen molar-refractivity contribution in [1.29, 1.82) is 0 Å². The molecule has 4 nitrogen and oxygen atoms in total. The lowest BCUT2D eigenvalue weighted by Crippen LogP contribution is -2.19. The fourth-order valence-corrected chi connectivity index (χ4v) is 4.10. The molecule has 0 unspecified atom stereocenters. The molecule has 1 aliphatic rings. The van der Waals surface area contributed by atoms with Gasteiger partial charge < -0.3 is 4.98 Å². The highest BCUT2D eigenvalue weighted by Gasteiger charge is 2.26. The van der Waals surface area contributed by atoms with E-state index in [1.54, 1.807) is 6.07 Å². The Morgan fingerprint density at radius 2 is 1.83 bits per heavy atom. The van der Waals surface area contributed by atoms with Crippen molar-refractivity contribution in [3.63, 3.8) is 0 Å². The van der Waals surface area contributed by atoms with Gasteiger partial charge in [-0.15, -0.1) is 0 Å². The van der Waals surface area contributed by atoms with E-state index in [0.717, 1.165) is 54.4 Å². The van der Waals surface area contributed by atoms with E-state index in [0.29, 0.717) is 5.92 Å². The van der Waals surface area contributed by atoms with Gasteiger partial charge in [-0.2, -0.15) is 0 Å². The monoisotopic (exact) mass is 398 g/mol. The molecule has 5 heteroatoms. The van der Waals surface area contributed by atoms with Gasteiger partial charge in [0.1, 0.15) is 11.6 Å². The molecule has 2 aromatic carbocycles. The molecule has 0 radical (unpaired) electrons. The van der Waals surface area contributed by atoms with E-state index in [2.05, 4.69) is 50.2 Å². The maximum Gasteiger partial charge on any atom is 0.123 e. The second kappa shape index (κ2) is 8.20. The van der Waals surface area contributed by atoms with Crippen LogP contribution in [0.2, 0.25) is 0 Å². The zero-order valence-corrected chi connectivity index (χ0v) is 16.6. The number of benzene rings is 2. The summed E-state index contributed by atoms with van der Waals surface area (Å²) in [5.41, 5.74) is 4.82. The van der Waals surface area contributed by atoms with E-state index in [1.165, 1.54) is 17.7 Å². The first-order valence-corrected chi connectivity index (χ1v) is 10.3. The van der Waals surface area contributed by atoms with Gasteiger partial charge in [-0.1, -0.05) is 42.5 Å². The molecule has 1 saturated heterocycles. The molecular weight excluding hydrogens is 375 g/mol. The fourth-order valence-electron chi connectivity index (χ4n) is 4.10. The first-order chi connectivity index (χ1) is 14.7.